The van der Waals surface area contributed by atoms with E-state index in [1.54, 1.807) is 11.9 Å². The van der Waals surface area contributed by atoms with Gasteiger partial charge in [0.25, 0.3) is 0 Å². The van der Waals surface area contributed by atoms with Crippen LogP contribution in [-0.4, -0.2) is 72.7 Å². The number of carbonyl (C=O) groups excluding carboxylic acids is 2. The predicted octanol–water partition coefficient (Wildman–Crippen LogP) is -0.489. The minimum Gasteiger partial charge on any atom is -0.441 e. The number of hydrogen-bond acceptors (Lipinski definition) is 5. The topological polar surface area (TPSA) is 87.9 Å². The Balaban J connectivity index is 1.61. The van der Waals surface area contributed by atoms with Crippen molar-refractivity contribution in [2.24, 2.45) is 5.73 Å². The van der Waals surface area contributed by atoms with E-state index in [9.17, 15) is 9.59 Å². The maximum Gasteiger partial charge on any atom is 0.410 e. The lowest BCUT2D eigenvalue weighted by molar-refractivity contribution is -0.141. The van der Waals surface area contributed by atoms with Crippen molar-refractivity contribution < 1.29 is 14.3 Å². The van der Waals surface area contributed by atoms with Crippen LogP contribution in [0.25, 0.3) is 0 Å². The molecule has 1 spiro atoms. The van der Waals surface area contributed by atoms with Crippen LogP contribution in [0.5, 0.6) is 0 Å². The summed E-state index contributed by atoms with van der Waals surface area (Å²) in [4.78, 5) is 27.7. The molecule has 3 rings (SSSR count). The highest BCUT2D eigenvalue weighted by molar-refractivity contribution is 5.86. The van der Waals surface area contributed by atoms with Crippen LogP contribution < -0.4 is 11.1 Å². The number of rotatable bonds is 1. The Labute approximate surface area is 124 Å². The van der Waals surface area contributed by atoms with E-state index in [0.717, 1.165) is 13.1 Å². The third-order valence-corrected chi connectivity index (χ3v) is 5.02. The van der Waals surface area contributed by atoms with Crippen molar-refractivity contribution in [2.75, 3.05) is 39.8 Å². The highest BCUT2D eigenvalue weighted by atomic mass is 16.6. The molecule has 7 heteroatoms. The number of nitrogens with two attached hydrogens (primary N) is 1. The predicted molar refractivity (Wildman–Crippen MR) is 76.7 cm³/mol. The second kappa shape index (κ2) is 5.14. The van der Waals surface area contributed by atoms with Crippen molar-refractivity contribution in [3.63, 3.8) is 0 Å². The zero-order chi connectivity index (χ0) is 15.1. The van der Waals surface area contributed by atoms with Crippen LogP contribution in [0.1, 0.15) is 25.7 Å². The van der Waals surface area contributed by atoms with Crippen LogP contribution in [0.4, 0.5) is 4.79 Å². The summed E-state index contributed by atoms with van der Waals surface area (Å²) in [7, 11) is 1.75. The van der Waals surface area contributed by atoms with Crippen molar-refractivity contribution in [1.82, 2.24) is 15.1 Å². The zero-order valence-corrected chi connectivity index (χ0v) is 12.6. The molecule has 3 fully saturated rings. The van der Waals surface area contributed by atoms with Gasteiger partial charge in [0.2, 0.25) is 5.91 Å². The van der Waals surface area contributed by atoms with Crippen molar-refractivity contribution in [2.45, 2.75) is 36.8 Å². The summed E-state index contributed by atoms with van der Waals surface area (Å²) in [5.41, 5.74) is 5.17. The number of nitrogens with zero attached hydrogens (tertiary/aromatic N) is 2. The molecule has 3 N–H and O–H groups in total. The molecule has 0 saturated carbocycles. The first-order valence-electron chi connectivity index (χ1n) is 7.67. The minimum atomic E-state index is -0.723. The van der Waals surface area contributed by atoms with E-state index in [-0.39, 0.29) is 12.0 Å². The highest BCUT2D eigenvalue weighted by Crippen LogP contribution is 2.33. The fourth-order valence-corrected chi connectivity index (χ4v) is 3.57. The van der Waals surface area contributed by atoms with E-state index in [1.807, 2.05) is 4.90 Å². The molecule has 3 heterocycles. The molecule has 0 atom stereocenters. The highest BCUT2D eigenvalue weighted by Gasteiger charge is 2.48. The van der Waals surface area contributed by atoms with E-state index >= 15 is 0 Å². The van der Waals surface area contributed by atoms with Crippen LogP contribution >= 0.6 is 0 Å². The fraction of sp³-hybridized carbons (Fsp3) is 0.857. The number of amides is 2. The van der Waals surface area contributed by atoms with Crippen molar-refractivity contribution in [3.05, 3.63) is 0 Å². The van der Waals surface area contributed by atoms with Gasteiger partial charge in [-0.1, -0.05) is 0 Å². The SMILES string of the molecule is CN1CC2(CCN(C(=O)C3(N)CCNCC3)CC2)OC1=O. The average Bonchev–Trinajstić information content (AvgIpc) is 2.74. The lowest BCUT2D eigenvalue weighted by Gasteiger charge is -2.42. The van der Waals surface area contributed by atoms with Crippen LogP contribution in [-0.2, 0) is 9.53 Å². The summed E-state index contributed by atoms with van der Waals surface area (Å²) in [6.45, 7) is 3.44. The Hall–Kier alpha value is -1.34. The molecular weight excluding hydrogens is 272 g/mol. The van der Waals surface area contributed by atoms with E-state index in [4.69, 9.17) is 10.5 Å². The molecule has 0 bridgehead atoms. The molecule has 0 aromatic carbocycles. The van der Waals surface area contributed by atoms with Gasteiger partial charge in [-0.15, -0.1) is 0 Å². The van der Waals surface area contributed by atoms with Gasteiger partial charge in [0.1, 0.15) is 5.60 Å². The molecule has 0 aliphatic carbocycles. The number of likely N-dealkylation sites (tertiary alicyclic amines) is 1. The quantitative estimate of drug-likeness (QED) is 0.682. The van der Waals surface area contributed by atoms with Gasteiger partial charge in [0.05, 0.1) is 12.1 Å². The second-order valence-electron chi connectivity index (χ2n) is 6.61. The van der Waals surface area contributed by atoms with Crippen LogP contribution in [0.15, 0.2) is 0 Å². The standard InChI is InChI=1S/C14H24N4O3/c1-17-10-13(21-12(17)20)4-8-18(9-5-13)11(19)14(15)2-6-16-7-3-14/h16H,2-10,15H2,1H3. The molecule has 21 heavy (non-hydrogen) atoms. The fourth-order valence-electron chi connectivity index (χ4n) is 3.57. The Kier molecular flexibility index (Phi) is 3.57. The maximum absolute atomic E-state index is 12.7. The number of piperidine rings is 2. The van der Waals surface area contributed by atoms with Crippen LogP contribution in [0, 0.1) is 0 Å². The monoisotopic (exact) mass is 296 g/mol. The molecule has 2 amide bonds. The molecule has 118 valence electrons. The Bertz CT molecular complexity index is 440. The van der Waals surface area contributed by atoms with E-state index in [1.165, 1.54) is 0 Å². The molecule has 7 nitrogen and oxygen atoms in total. The van der Waals surface area contributed by atoms with Crippen LogP contribution in [0.3, 0.4) is 0 Å². The first-order chi connectivity index (χ1) is 9.94. The van der Waals surface area contributed by atoms with Gasteiger partial charge in [0.15, 0.2) is 0 Å². The molecule has 0 aromatic heterocycles. The van der Waals surface area contributed by atoms with Crippen molar-refractivity contribution in [3.8, 4) is 0 Å². The Morgan fingerprint density at radius 2 is 1.86 bits per heavy atom. The van der Waals surface area contributed by atoms with Gasteiger partial charge in [-0.2, -0.15) is 0 Å². The van der Waals surface area contributed by atoms with Gasteiger partial charge < -0.3 is 25.6 Å². The number of hydrogen-bond donors (Lipinski definition) is 2. The number of likely N-dealkylation sites (N-methyl/N-ethyl adjacent to an activating group) is 1. The second-order valence-corrected chi connectivity index (χ2v) is 6.61. The summed E-state index contributed by atoms with van der Waals surface area (Å²) < 4.78 is 5.51. The largest absolute Gasteiger partial charge is 0.441 e. The van der Waals surface area contributed by atoms with Gasteiger partial charge in [-0.3, -0.25) is 4.79 Å². The Morgan fingerprint density at radius 1 is 1.24 bits per heavy atom. The molecule has 0 radical (unpaired) electrons. The first-order valence-corrected chi connectivity index (χ1v) is 7.67. The average molecular weight is 296 g/mol. The van der Waals surface area contributed by atoms with E-state index in [2.05, 4.69) is 5.32 Å². The molecule has 3 saturated heterocycles. The summed E-state index contributed by atoms with van der Waals surface area (Å²) in [5.74, 6) is 0.0523. The lowest BCUT2D eigenvalue weighted by atomic mass is 9.85. The molecule has 3 aliphatic heterocycles. The summed E-state index contributed by atoms with van der Waals surface area (Å²) in [6.07, 6.45) is 2.51. The normalized spacial score (nSPS) is 27.8. The lowest BCUT2D eigenvalue weighted by Crippen LogP contribution is -2.62. The summed E-state index contributed by atoms with van der Waals surface area (Å²) in [6, 6.07) is 0. The third kappa shape index (κ3) is 2.60. The molecule has 3 aliphatic rings. The van der Waals surface area contributed by atoms with E-state index < -0.39 is 11.1 Å². The van der Waals surface area contributed by atoms with E-state index in [0.29, 0.717) is 45.3 Å². The third-order valence-electron chi connectivity index (χ3n) is 5.02. The number of carbonyl (C=O) groups is 2. The molecular formula is C14H24N4O3. The smallest absolute Gasteiger partial charge is 0.410 e. The molecule has 0 unspecified atom stereocenters. The van der Waals surface area contributed by atoms with Crippen molar-refractivity contribution in [1.29, 1.82) is 0 Å². The van der Waals surface area contributed by atoms with Crippen LogP contribution in [0.2, 0.25) is 0 Å². The molecule has 0 aromatic rings. The maximum atomic E-state index is 12.7. The summed E-state index contributed by atoms with van der Waals surface area (Å²) in [5, 5.41) is 3.23. The van der Waals surface area contributed by atoms with Crippen molar-refractivity contribution >= 4 is 12.0 Å². The first kappa shape index (κ1) is 14.6. The number of ether oxygens (including phenoxy) is 1. The van der Waals surface area contributed by atoms with Gasteiger partial charge >= 0.3 is 6.09 Å². The summed E-state index contributed by atoms with van der Waals surface area (Å²) >= 11 is 0. The van der Waals surface area contributed by atoms with Gasteiger partial charge in [-0.05, 0) is 25.9 Å². The number of nitrogens with one attached hydrogen (secondary N) is 1. The Morgan fingerprint density at radius 3 is 2.38 bits per heavy atom. The van der Waals surface area contributed by atoms with Gasteiger partial charge in [0, 0.05) is 33.0 Å². The minimum absolute atomic E-state index is 0.0523. The van der Waals surface area contributed by atoms with Gasteiger partial charge in [-0.25, -0.2) is 4.79 Å². The zero-order valence-electron chi connectivity index (χ0n) is 12.6.